The molecular formula is C19H26N4O2. The largest absolute Gasteiger partial charge is 0.393 e. The SMILES string of the molecule is CCn1ncc(C(=O)Nc2ccccc2CN2CCC(O)CC2)c1C. The van der Waals surface area contributed by atoms with Crippen LogP contribution in [0, 0.1) is 6.92 Å². The number of aliphatic hydroxyl groups is 1. The zero-order chi connectivity index (χ0) is 17.8. The first-order valence-corrected chi connectivity index (χ1v) is 8.90. The van der Waals surface area contributed by atoms with Gasteiger partial charge in [0.2, 0.25) is 0 Å². The molecule has 6 heteroatoms. The molecule has 2 heterocycles. The molecule has 0 aliphatic carbocycles. The van der Waals surface area contributed by atoms with Crippen LogP contribution in [-0.2, 0) is 13.1 Å². The maximum Gasteiger partial charge on any atom is 0.259 e. The number of anilines is 1. The fourth-order valence-corrected chi connectivity index (χ4v) is 3.28. The van der Waals surface area contributed by atoms with E-state index in [9.17, 15) is 9.90 Å². The third kappa shape index (κ3) is 4.08. The van der Waals surface area contributed by atoms with Crippen LogP contribution in [0.1, 0.15) is 41.4 Å². The molecule has 1 aliphatic heterocycles. The Balaban J connectivity index is 1.72. The number of amides is 1. The van der Waals surface area contributed by atoms with Crippen LogP contribution >= 0.6 is 0 Å². The van der Waals surface area contributed by atoms with E-state index in [0.29, 0.717) is 5.56 Å². The first-order chi connectivity index (χ1) is 12.1. The minimum absolute atomic E-state index is 0.126. The fourth-order valence-electron chi connectivity index (χ4n) is 3.28. The number of likely N-dealkylation sites (tertiary alicyclic amines) is 1. The lowest BCUT2D eigenvalue weighted by molar-refractivity contribution is 0.0793. The molecule has 6 nitrogen and oxygen atoms in total. The van der Waals surface area contributed by atoms with Crippen LogP contribution in [0.2, 0.25) is 0 Å². The van der Waals surface area contributed by atoms with Gasteiger partial charge in [-0.1, -0.05) is 18.2 Å². The van der Waals surface area contributed by atoms with Crippen LogP contribution in [0.3, 0.4) is 0 Å². The molecule has 0 bridgehead atoms. The Morgan fingerprint density at radius 3 is 2.72 bits per heavy atom. The smallest absolute Gasteiger partial charge is 0.259 e. The van der Waals surface area contributed by atoms with Crippen molar-refractivity contribution in [3.63, 3.8) is 0 Å². The summed E-state index contributed by atoms with van der Waals surface area (Å²) in [6.07, 6.45) is 3.07. The Labute approximate surface area is 148 Å². The van der Waals surface area contributed by atoms with E-state index >= 15 is 0 Å². The minimum atomic E-state index is -0.177. The summed E-state index contributed by atoms with van der Waals surface area (Å²) in [5.41, 5.74) is 3.41. The highest BCUT2D eigenvalue weighted by atomic mass is 16.3. The van der Waals surface area contributed by atoms with Crippen LogP contribution in [0.15, 0.2) is 30.5 Å². The van der Waals surface area contributed by atoms with Crippen molar-refractivity contribution in [1.29, 1.82) is 0 Å². The normalized spacial score (nSPS) is 16.1. The summed E-state index contributed by atoms with van der Waals surface area (Å²) in [5.74, 6) is -0.126. The minimum Gasteiger partial charge on any atom is -0.393 e. The van der Waals surface area contributed by atoms with Crippen LogP contribution in [0.25, 0.3) is 0 Å². The van der Waals surface area contributed by atoms with Crippen molar-refractivity contribution < 1.29 is 9.90 Å². The molecule has 1 saturated heterocycles. The molecule has 25 heavy (non-hydrogen) atoms. The summed E-state index contributed by atoms with van der Waals surface area (Å²) in [5, 5.41) is 16.9. The van der Waals surface area contributed by atoms with Crippen molar-refractivity contribution in [2.75, 3.05) is 18.4 Å². The third-order valence-electron chi connectivity index (χ3n) is 4.86. The predicted octanol–water partition coefficient (Wildman–Crippen LogP) is 2.42. The molecule has 0 atom stereocenters. The Hall–Kier alpha value is -2.18. The average molecular weight is 342 g/mol. The van der Waals surface area contributed by atoms with E-state index < -0.39 is 0 Å². The molecule has 1 amide bonds. The number of nitrogens with one attached hydrogen (secondary N) is 1. The van der Waals surface area contributed by atoms with Gasteiger partial charge in [-0.15, -0.1) is 0 Å². The molecule has 1 fully saturated rings. The number of rotatable bonds is 5. The van der Waals surface area contributed by atoms with Crippen molar-refractivity contribution in [1.82, 2.24) is 14.7 Å². The summed E-state index contributed by atoms with van der Waals surface area (Å²) < 4.78 is 1.82. The van der Waals surface area contributed by atoms with Gasteiger partial charge in [0.05, 0.1) is 17.9 Å². The van der Waals surface area contributed by atoms with Crippen LogP contribution in [0.5, 0.6) is 0 Å². The topological polar surface area (TPSA) is 70.4 Å². The highest BCUT2D eigenvalue weighted by molar-refractivity contribution is 6.05. The van der Waals surface area contributed by atoms with Gasteiger partial charge in [0.15, 0.2) is 0 Å². The lowest BCUT2D eigenvalue weighted by Crippen LogP contribution is -2.35. The molecular weight excluding hydrogens is 316 g/mol. The van der Waals surface area contributed by atoms with E-state index in [2.05, 4.69) is 15.3 Å². The maximum absolute atomic E-state index is 12.6. The van der Waals surface area contributed by atoms with E-state index in [1.165, 1.54) is 0 Å². The van der Waals surface area contributed by atoms with E-state index in [4.69, 9.17) is 0 Å². The Morgan fingerprint density at radius 2 is 2.04 bits per heavy atom. The first-order valence-electron chi connectivity index (χ1n) is 8.90. The van der Waals surface area contributed by atoms with E-state index in [1.54, 1.807) is 6.20 Å². The lowest BCUT2D eigenvalue weighted by atomic mass is 10.1. The molecule has 0 spiro atoms. The second kappa shape index (κ2) is 7.80. The van der Waals surface area contributed by atoms with Gasteiger partial charge in [0, 0.05) is 37.6 Å². The lowest BCUT2D eigenvalue weighted by Gasteiger charge is -2.30. The summed E-state index contributed by atoms with van der Waals surface area (Å²) in [6.45, 7) is 7.20. The number of hydrogen-bond donors (Lipinski definition) is 2. The van der Waals surface area contributed by atoms with Gasteiger partial charge in [0.1, 0.15) is 0 Å². The summed E-state index contributed by atoms with van der Waals surface area (Å²) >= 11 is 0. The van der Waals surface area contributed by atoms with Gasteiger partial charge in [-0.05, 0) is 38.3 Å². The number of nitrogens with zero attached hydrogens (tertiary/aromatic N) is 3. The second-order valence-corrected chi connectivity index (χ2v) is 6.58. The maximum atomic E-state index is 12.6. The van der Waals surface area contributed by atoms with Gasteiger partial charge < -0.3 is 10.4 Å². The number of aromatic nitrogens is 2. The molecule has 0 radical (unpaired) electrons. The standard InChI is InChI=1S/C19H26N4O2/c1-3-23-14(2)17(12-20-23)19(25)21-18-7-5-4-6-15(18)13-22-10-8-16(24)9-11-22/h4-7,12,16,24H,3,8-11,13H2,1-2H3,(H,21,25). The van der Waals surface area contributed by atoms with Crippen molar-refractivity contribution in [2.24, 2.45) is 0 Å². The van der Waals surface area contributed by atoms with E-state index in [-0.39, 0.29) is 12.0 Å². The van der Waals surface area contributed by atoms with Crippen LogP contribution in [0.4, 0.5) is 5.69 Å². The van der Waals surface area contributed by atoms with Crippen LogP contribution < -0.4 is 5.32 Å². The Bertz CT molecular complexity index is 733. The zero-order valence-corrected chi connectivity index (χ0v) is 14.9. The van der Waals surface area contributed by atoms with Gasteiger partial charge in [-0.3, -0.25) is 14.4 Å². The number of aryl methyl sites for hydroxylation is 1. The number of carbonyl (C=O) groups is 1. The van der Waals surface area contributed by atoms with Crippen molar-refractivity contribution in [3.05, 3.63) is 47.3 Å². The number of para-hydroxylation sites is 1. The van der Waals surface area contributed by atoms with Crippen molar-refractivity contribution >= 4 is 11.6 Å². The van der Waals surface area contributed by atoms with Crippen molar-refractivity contribution in [3.8, 4) is 0 Å². The molecule has 134 valence electrons. The second-order valence-electron chi connectivity index (χ2n) is 6.58. The van der Waals surface area contributed by atoms with Gasteiger partial charge in [-0.2, -0.15) is 5.10 Å². The highest BCUT2D eigenvalue weighted by Gasteiger charge is 2.19. The third-order valence-corrected chi connectivity index (χ3v) is 4.86. The molecule has 2 aromatic rings. The summed E-state index contributed by atoms with van der Waals surface area (Å²) in [6, 6.07) is 7.90. The Morgan fingerprint density at radius 1 is 1.32 bits per heavy atom. The molecule has 0 unspecified atom stereocenters. The molecule has 1 aliphatic rings. The van der Waals surface area contributed by atoms with Crippen LogP contribution in [-0.4, -0.2) is 44.9 Å². The zero-order valence-electron chi connectivity index (χ0n) is 14.9. The van der Waals surface area contributed by atoms with Gasteiger partial charge in [-0.25, -0.2) is 0 Å². The predicted molar refractivity (Wildman–Crippen MR) is 97.6 cm³/mol. The number of piperidine rings is 1. The monoisotopic (exact) mass is 342 g/mol. The van der Waals surface area contributed by atoms with Gasteiger partial charge in [0.25, 0.3) is 5.91 Å². The molecule has 2 N–H and O–H groups in total. The average Bonchev–Trinajstić information content (AvgIpc) is 2.99. The molecule has 0 saturated carbocycles. The number of carbonyl (C=O) groups excluding carboxylic acids is 1. The van der Waals surface area contributed by atoms with Crippen molar-refractivity contribution in [2.45, 2.75) is 45.9 Å². The summed E-state index contributed by atoms with van der Waals surface area (Å²) in [4.78, 5) is 15.0. The number of aliphatic hydroxyl groups excluding tert-OH is 1. The van der Waals surface area contributed by atoms with E-state index in [1.807, 2.05) is 42.8 Å². The molecule has 1 aromatic heterocycles. The quantitative estimate of drug-likeness (QED) is 0.875. The number of hydrogen-bond acceptors (Lipinski definition) is 4. The molecule has 1 aromatic carbocycles. The fraction of sp³-hybridized carbons (Fsp3) is 0.474. The first kappa shape index (κ1) is 17.6. The molecule has 3 rings (SSSR count). The number of benzene rings is 1. The van der Waals surface area contributed by atoms with Gasteiger partial charge >= 0.3 is 0 Å². The Kier molecular flexibility index (Phi) is 5.50. The highest BCUT2D eigenvalue weighted by Crippen LogP contribution is 2.21. The van der Waals surface area contributed by atoms with E-state index in [0.717, 1.165) is 56.0 Å². The summed E-state index contributed by atoms with van der Waals surface area (Å²) in [7, 11) is 0.